The van der Waals surface area contributed by atoms with E-state index in [2.05, 4.69) is 0 Å². The van der Waals surface area contributed by atoms with E-state index in [0.29, 0.717) is 6.54 Å². The van der Waals surface area contributed by atoms with Crippen LogP contribution in [0, 0.1) is 0 Å². The summed E-state index contributed by atoms with van der Waals surface area (Å²) in [5.74, 6) is -1.08. The van der Waals surface area contributed by atoms with E-state index in [1.807, 2.05) is 30.3 Å². The zero-order chi connectivity index (χ0) is 14.7. The third-order valence-electron chi connectivity index (χ3n) is 3.40. The summed E-state index contributed by atoms with van der Waals surface area (Å²) in [5.41, 5.74) is 0.968. The first kappa shape index (κ1) is 14.3. The molecule has 0 aromatic heterocycles. The Morgan fingerprint density at radius 1 is 1.35 bits per heavy atom. The van der Waals surface area contributed by atoms with Crippen LogP contribution in [0.3, 0.4) is 0 Å². The molecule has 0 radical (unpaired) electrons. The van der Waals surface area contributed by atoms with Crippen molar-refractivity contribution < 1.29 is 19.8 Å². The normalized spacial score (nSPS) is 21.8. The molecule has 1 aliphatic rings. The second kappa shape index (κ2) is 5.92. The zero-order valence-electron chi connectivity index (χ0n) is 11.3. The Balaban J connectivity index is 2.04. The number of hydrogen-bond acceptors (Lipinski definition) is 3. The molecule has 0 spiro atoms. The highest BCUT2D eigenvalue weighted by atomic mass is 16.4. The van der Waals surface area contributed by atoms with Crippen molar-refractivity contribution in [3.05, 3.63) is 35.9 Å². The number of carboxylic acid groups (broad SMARTS) is 1. The third kappa shape index (κ3) is 3.08. The Morgan fingerprint density at radius 3 is 2.60 bits per heavy atom. The van der Waals surface area contributed by atoms with Crippen LogP contribution >= 0.6 is 0 Å². The lowest BCUT2D eigenvalue weighted by molar-refractivity contribution is -0.141. The number of aliphatic hydroxyl groups excluding tert-OH is 1. The van der Waals surface area contributed by atoms with Crippen LogP contribution in [0.5, 0.6) is 0 Å². The molecule has 6 heteroatoms. The molecule has 1 fully saturated rings. The van der Waals surface area contributed by atoms with Gasteiger partial charge in [0, 0.05) is 26.6 Å². The molecule has 2 atom stereocenters. The number of benzene rings is 1. The number of carbonyl (C=O) groups excluding carboxylic acids is 1. The fourth-order valence-corrected chi connectivity index (χ4v) is 2.40. The second-order valence-electron chi connectivity index (χ2n) is 5.02. The molecular weight excluding hydrogens is 260 g/mol. The molecule has 0 saturated carbocycles. The van der Waals surface area contributed by atoms with Gasteiger partial charge in [-0.3, -0.25) is 0 Å². The van der Waals surface area contributed by atoms with E-state index in [1.54, 1.807) is 7.05 Å². The van der Waals surface area contributed by atoms with Gasteiger partial charge in [-0.05, 0) is 5.56 Å². The van der Waals surface area contributed by atoms with Crippen LogP contribution in [-0.2, 0) is 11.3 Å². The summed E-state index contributed by atoms with van der Waals surface area (Å²) >= 11 is 0. The number of nitrogens with zero attached hydrogens (tertiary/aromatic N) is 2. The summed E-state index contributed by atoms with van der Waals surface area (Å²) < 4.78 is 0. The minimum Gasteiger partial charge on any atom is -0.480 e. The maximum Gasteiger partial charge on any atom is 0.326 e. The lowest BCUT2D eigenvalue weighted by Gasteiger charge is -2.27. The van der Waals surface area contributed by atoms with E-state index < -0.39 is 18.1 Å². The van der Waals surface area contributed by atoms with E-state index in [4.69, 9.17) is 5.11 Å². The number of likely N-dealkylation sites (tertiary alicyclic amines) is 1. The molecule has 1 aromatic rings. The van der Waals surface area contributed by atoms with E-state index in [9.17, 15) is 14.7 Å². The molecule has 2 rings (SSSR count). The Labute approximate surface area is 117 Å². The molecule has 1 heterocycles. The lowest BCUT2D eigenvalue weighted by Crippen LogP contribution is -2.46. The molecule has 2 N–H and O–H groups in total. The Morgan fingerprint density at radius 2 is 2.00 bits per heavy atom. The number of carbonyl (C=O) groups is 2. The summed E-state index contributed by atoms with van der Waals surface area (Å²) in [6, 6.07) is 8.13. The molecule has 0 unspecified atom stereocenters. The van der Waals surface area contributed by atoms with Gasteiger partial charge in [0.2, 0.25) is 0 Å². The van der Waals surface area contributed by atoms with Crippen LogP contribution < -0.4 is 0 Å². The van der Waals surface area contributed by atoms with Gasteiger partial charge in [0.15, 0.2) is 0 Å². The third-order valence-corrected chi connectivity index (χ3v) is 3.40. The number of aliphatic carboxylic acids is 1. The summed E-state index contributed by atoms with van der Waals surface area (Å²) in [7, 11) is 1.62. The van der Waals surface area contributed by atoms with Crippen LogP contribution in [0.1, 0.15) is 12.0 Å². The smallest absolute Gasteiger partial charge is 0.326 e. The highest BCUT2D eigenvalue weighted by Crippen LogP contribution is 2.20. The monoisotopic (exact) mass is 278 g/mol. The van der Waals surface area contributed by atoms with Gasteiger partial charge in [-0.1, -0.05) is 30.3 Å². The highest BCUT2D eigenvalue weighted by Gasteiger charge is 2.39. The van der Waals surface area contributed by atoms with Crippen LogP contribution in [0.25, 0.3) is 0 Å². The predicted octanol–water partition coefficient (Wildman–Crippen LogP) is 0.758. The fraction of sp³-hybridized carbons (Fsp3) is 0.429. The van der Waals surface area contributed by atoms with Gasteiger partial charge in [-0.25, -0.2) is 9.59 Å². The molecule has 20 heavy (non-hydrogen) atoms. The Hall–Kier alpha value is -2.08. The molecule has 1 saturated heterocycles. The number of β-amino-alcohol motifs (C(OH)–C–C–N with tert-alkyl or cyclic N) is 1. The van der Waals surface area contributed by atoms with Crippen molar-refractivity contribution >= 4 is 12.0 Å². The molecule has 108 valence electrons. The summed E-state index contributed by atoms with van der Waals surface area (Å²) in [5, 5.41) is 18.7. The number of rotatable bonds is 3. The zero-order valence-corrected chi connectivity index (χ0v) is 11.3. The molecular formula is C14H18N2O4. The van der Waals surface area contributed by atoms with Gasteiger partial charge >= 0.3 is 12.0 Å². The number of amides is 2. The van der Waals surface area contributed by atoms with Gasteiger partial charge in [0.25, 0.3) is 0 Å². The molecule has 1 aromatic carbocycles. The Bertz CT molecular complexity index is 491. The average Bonchev–Trinajstić information content (AvgIpc) is 2.81. The summed E-state index contributed by atoms with van der Waals surface area (Å²) in [6.07, 6.45) is -0.689. The fourth-order valence-electron chi connectivity index (χ4n) is 2.40. The van der Waals surface area contributed by atoms with Crippen molar-refractivity contribution in [3.8, 4) is 0 Å². The first-order valence-corrected chi connectivity index (χ1v) is 6.45. The van der Waals surface area contributed by atoms with Crippen molar-refractivity contribution in [2.24, 2.45) is 0 Å². The van der Waals surface area contributed by atoms with E-state index in [0.717, 1.165) is 5.56 Å². The van der Waals surface area contributed by atoms with E-state index in [-0.39, 0.29) is 19.0 Å². The number of aliphatic hydroxyl groups is 1. The van der Waals surface area contributed by atoms with E-state index in [1.165, 1.54) is 9.80 Å². The molecule has 6 nitrogen and oxygen atoms in total. The molecule has 0 aliphatic carbocycles. The van der Waals surface area contributed by atoms with Crippen LogP contribution in [0.2, 0.25) is 0 Å². The van der Waals surface area contributed by atoms with Crippen LogP contribution in [0.15, 0.2) is 30.3 Å². The Kier molecular flexibility index (Phi) is 4.24. The van der Waals surface area contributed by atoms with Gasteiger partial charge in [-0.2, -0.15) is 0 Å². The number of urea groups is 1. The standard InChI is InChI=1S/C14H18N2O4/c1-15(8-10-5-3-2-4-6-10)14(20)16-9-11(17)7-12(16)13(18)19/h2-6,11-12,17H,7-9H2,1H3,(H,18,19)/t11-,12+/m1/s1. The topological polar surface area (TPSA) is 81.1 Å². The summed E-state index contributed by atoms with van der Waals surface area (Å²) in [6.45, 7) is 0.466. The van der Waals surface area contributed by atoms with Crippen molar-refractivity contribution in [1.82, 2.24) is 9.80 Å². The molecule has 1 aliphatic heterocycles. The van der Waals surface area contributed by atoms with Gasteiger partial charge in [-0.15, -0.1) is 0 Å². The van der Waals surface area contributed by atoms with Crippen LogP contribution in [-0.4, -0.2) is 57.8 Å². The molecule has 0 bridgehead atoms. The van der Waals surface area contributed by atoms with Crippen molar-refractivity contribution in [1.29, 1.82) is 0 Å². The lowest BCUT2D eigenvalue weighted by atomic mass is 10.2. The van der Waals surface area contributed by atoms with Crippen molar-refractivity contribution in [3.63, 3.8) is 0 Å². The maximum absolute atomic E-state index is 12.3. The van der Waals surface area contributed by atoms with Crippen molar-refractivity contribution in [2.75, 3.05) is 13.6 Å². The average molecular weight is 278 g/mol. The largest absolute Gasteiger partial charge is 0.480 e. The number of hydrogen-bond donors (Lipinski definition) is 2. The predicted molar refractivity (Wildman–Crippen MR) is 72.1 cm³/mol. The number of carboxylic acids is 1. The second-order valence-corrected chi connectivity index (χ2v) is 5.02. The van der Waals surface area contributed by atoms with Crippen LogP contribution in [0.4, 0.5) is 4.79 Å². The SMILES string of the molecule is CN(Cc1ccccc1)C(=O)N1C[C@H](O)C[C@H]1C(=O)O. The highest BCUT2D eigenvalue weighted by molar-refractivity contribution is 5.83. The quantitative estimate of drug-likeness (QED) is 0.855. The first-order valence-electron chi connectivity index (χ1n) is 6.45. The summed E-state index contributed by atoms with van der Waals surface area (Å²) in [4.78, 5) is 26.1. The first-order chi connectivity index (χ1) is 9.49. The minimum absolute atomic E-state index is 0.0644. The van der Waals surface area contributed by atoms with Gasteiger partial charge < -0.3 is 20.0 Å². The van der Waals surface area contributed by atoms with E-state index >= 15 is 0 Å². The van der Waals surface area contributed by atoms with Gasteiger partial charge in [0.05, 0.1) is 6.10 Å². The van der Waals surface area contributed by atoms with Gasteiger partial charge in [0.1, 0.15) is 6.04 Å². The minimum atomic E-state index is -1.08. The maximum atomic E-state index is 12.3. The molecule has 2 amide bonds. The van der Waals surface area contributed by atoms with Crippen molar-refractivity contribution in [2.45, 2.75) is 25.1 Å².